The summed E-state index contributed by atoms with van der Waals surface area (Å²) in [5.74, 6) is 0.0980. The van der Waals surface area contributed by atoms with Gasteiger partial charge in [0.15, 0.2) is 0 Å². The third-order valence-electron chi connectivity index (χ3n) is 4.69. The molecule has 0 saturated carbocycles. The van der Waals surface area contributed by atoms with E-state index in [1.54, 1.807) is 11.8 Å². The van der Waals surface area contributed by atoms with Gasteiger partial charge in [0.1, 0.15) is 0 Å². The van der Waals surface area contributed by atoms with Crippen molar-refractivity contribution in [2.75, 3.05) is 44.7 Å². The Morgan fingerprint density at radius 3 is 2.56 bits per heavy atom. The number of hydrogen-bond donors (Lipinski definition) is 0. The van der Waals surface area contributed by atoms with Crippen LogP contribution in [0.3, 0.4) is 0 Å². The average Bonchev–Trinajstić information content (AvgIpc) is 2.61. The highest BCUT2D eigenvalue weighted by molar-refractivity contribution is 7.99. The molecule has 2 aromatic carbocycles. The molecule has 0 spiro atoms. The number of likely N-dealkylation sites (N-methyl/N-ethyl adjacent to an activating group) is 1. The van der Waals surface area contributed by atoms with Gasteiger partial charge in [-0.2, -0.15) is 0 Å². The summed E-state index contributed by atoms with van der Waals surface area (Å²) in [5, 5.41) is 0.649. The lowest BCUT2D eigenvalue weighted by atomic mass is 10.2. The summed E-state index contributed by atoms with van der Waals surface area (Å²) in [6, 6.07) is 13.8. The summed E-state index contributed by atoms with van der Waals surface area (Å²) in [5.41, 5.74) is 1.83. The Labute approximate surface area is 157 Å². The molecule has 4 nitrogen and oxygen atoms in total. The Balaban J connectivity index is 1.66. The first-order valence-corrected chi connectivity index (χ1v) is 9.61. The Morgan fingerprint density at radius 1 is 1.04 bits per heavy atom. The highest BCUT2D eigenvalue weighted by Gasteiger charge is 2.29. The number of carbonyl (C=O) groups excluding carboxylic acids is 1. The molecule has 2 heterocycles. The zero-order chi connectivity index (χ0) is 17.4. The fraction of sp³-hybridized carbons (Fsp3) is 0.316. The van der Waals surface area contributed by atoms with E-state index in [1.165, 1.54) is 0 Å². The predicted molar refractivity (Wildman–Crippen MR) is 103 cm³/mol. The first-order chi connectivity index (χ1) is 12.1. The average molecular weight is 374 g/mol. The van der Waals surface area contributed by atoms with Crippen molar-refractivity contribution in [1.29, 1.82) is 0 Å². The predicted octanol–water partition coefficient (Wildman–Crippen LogP) is 3.72. The number of rotatable bonds is 2. The van der Waals surface area contributed by atoms with Crippen LogP contribution in [0.25, 0.3) is 0 Å². The lowest BCUT2D eigenvalue weighted by molar-refractivity contribution is -0.119. The fourth-order valence-corrected chi connectivity index (χ4v) is 4.47. The maximum absolute atomic E-state index is 13.2. The molecule has 0 radical (unpaired) electrons. The molecular formula is C19H20ClN3OS. The van der Waals surface area contributed by atoms with Crippen molar-refractivity contribution in [3.63, 3.8) is 0 Å². The molecule has 0 aliphatic carbocycles. The molecule has 130 valence electrons. The van der Waals surface area contributed by atoms with Gasteiger partial charge in [-0.25, -0.2) is 0 Å². The Morgan fingerprint density at radius 2 is 1.76 bits per heavy atom. The fourth-order valence-electron chi connectivity index (χ4n) is 3.26. The number of anilines is 2. The van der Waals surface area contributed by atoms with Crippen molar-refractivity contribution in [3.05, 3.63) is 47.5 Å². The SMILES string of the molecule is CN1CCN(CC(=O)N2c3ccccc3Sc3ccc(Cl)cc32)CC1. The summed E-state index contributed by atoms with van der Waals surface area (Å²) in [4.78, 5) is 21.7. The van der Waals surface area contributed by atoms with Crippen LogP contribution in [-0.2, 0) is 4.79 Å². The van der Waals surface area contributed by atoms with Gasteiger partial charge in [0.25, 0.3) is 0 Å². The molecule has 0 unspecified atom stereocenters. The minimum atomic E-state index is 0.0980. The lowest BCUT2D eigenvalue weighted by Crippen LogP contribution is -2.48. The Hall–Kier alpha value is -1.53. The second kappa shape index (κ2) is 7.00. The van der Waals surface area contributed by atoms with Crippen molar-refractivity contribution in [1.82, 2.24) is 9.80 Å². The van der Waals surface area contributed by atoms with Crippen LogP contribution in [0.5, 0.6) is 0 Å². The molecule has 2 aliphatic heterocycles. The molecule has 0 N–H and O–H groups in total. The second-order valence-corrected chi connectivity index (χ2v) is 8.01. The summed E-state index contributed by atoms with van der Waals surface area (Å²) in [6.07, 6.45) is 0. The van der Waals surface area contributed by atoms with Gasteiger partial charge in [-0.15, -0.1) is 0 Å². The van der Waals surface area contributed by atoms with Gasteiger partial charge in [-0.1, -0.05) is 35.5 Å². The normalized spacial score (nSPS) is 17.9. The topological polar surface area (TPSA) is 26.8 Å². The third-order valence-corrected chi connectivity index (χ3v) is 6.06. The number of fused-ring (bicyclic) bond motifs is 2. The van der Waals surface area contributed by atoms with E-state index in [1.807, 2.05) is 41.3 Å². The molecular weight excluding hydrogens is 354 g/mol. The minimum Gasteiger partial charge on any atom is -0.304 e. The van der Waals surface area contributed by atoms with Crippen molar-refractivity contribution >= 4 is 40.6 Å². The molecule has 0 bridgehead atoms. The van der Waals surface area contributed by atoms with E-state index in [0.717, 1.165) is 47.3 Å². The maximum Gasteiger partial charge on any atom is 0.245 e. The van der Waals surface area contributed by atoms with Gasteiger partial charge < -0.3 is 4.90 Å². The van der Waals surface area contributed by atoms with Crippen molar-refractivity contribution < 1.29 is 4.79 Å². The quantitative estimate of drug-likeness (QED) is 0.801. The van der Waals surface area contributed by atoms with Crippen molar-refractivity contribution in [2.45, 2.75) is 9.79 Å². The van der Waals surface area contributed by atoms with E-state index in [2.05, 4.69) is 22.9 Å². The number of carbonyl (C=O) groups is 1. The Kier molecular flexibility index (Phi) is 4.73. The number of amides is 1. The van der Waals surface area contributed by atoms with Crippen LogP contribution < -0.4 is 4.90 Å². The van der Waals surface area contributed by atoms with Crippen LogP contribution in [0.1, 0.15) is 0 Å². The van der Waals surface area contributed by atoms with E-state index in [9.17, 15) is 4.79 Å². The first-order valence-electron chi connectivity index (χ1n) is 8.42. The van der Waals surface area contributed by atoms with Crippen LogP contribution in [0.15, 0.2) is 52.3 Å². The molecule has 1 saturated heterocycles. The third kappa shape index (κ3) is 3.42. The number of halogens is 1. The van der Waals surface area contributed by atoms with E-state index in [4.69, 9.17) is 11.6 Å². The molecule has 2 aromatic rings. The molecule has 0 aromatic heterocycles. The smallest absolute Gasteiger partial charge is 0.245 e. The molecule has 2 aliphatic rings. The maximum atomic E-state index is 13.2. The van der Waals surface area contributed by atoms with Crippen LogP contribution in [0.2, 0.25) is 5.02 Å². The summed E-state index contributed by atoms with van der Waals surface area (Å²) >= 11 is 7.90. The van der Waals surface area contributed by atoms with Crippen molar-refractivity contribution in [3.8, 4) is 0 Å². The highest BCUT2D eigenvalue weighted by Crippen LogP contribution is 2.48. The molecule has 1 amide bonds. The second-order valence-electron chi connectivity index (χ2n) is 6.49. The largest absolute Gasteiger partial charge is 0.304 e. The van der Waals surface area contributed by atoms with Crippen LogP contribution >= 0.6 is 23.4 Å². The number of piperazine rings is 1. The molecule has 0 atom stereocenters. The standard InChI is InChI=1S/C19H20ClN3OS/c1-21-8-10-22(11-9-21)13-19(24)23-15-4-2-3-5-17(15)25-18-7-6-14(20)12-16(18)23/h2-7,12H,8-11,13H2,1H3. The van der Waals surface area contributed by atoms with Crippen LogP contribution in [0.4, 0.5) is 11.4 Å². The van der Waals surface area contributed by atoms with E-state index < -0.39 is 0 Å². The molecule has 4 rings (SSSR count). The van der Waals surface area contributed by atoms with E-state index >= 15 is 0 Å². The number of benzene rings is 2. The van der Waals surface area contributed by atoms with Gasteiger partial charge in [-0.3, -0.25) is 14.6 Å². The summed E-state index contributed by atoms with van der Waals surface area (Å²) in [7, 11) is 2.12. The minimum absolute atomic E-state index is 0.0980. The number of para-hydroxylation sites is 1. The van der Waals surface area contributed by atoms with Gasteiger partial charge in [0.2, 0.25) is 5.91 Å². The van der Waals surface area contributed by atoms with E-state index in [-0.39, 0.29) is 5.91 Å². The number of nitrogens with zero attached hydrogens (tertiary/aromatic N) is 3. The summed E-state index contributed by atoms with van der Waals surface area (Å²) < 4.78 is 0. The zero-order valence-electron chi connectivity index (χ0n) is 14.1. The molecule has 6 heteroatoms. The van der Waals surface area contributed by atoms with Crippen LogP contribution in [0, 0.1) is 0 Å². The van der Waals surface area contributed by atoms with Crippen LogP contribution in [-0.4, -0.2) is 55.5 Å². The Bertz CT molecular complexity index is 805. The van der Waals surface area contributed by atoms with Gasteiger partial charge in [0, 0.05) is 41.0 Å². The summed E-state index contributed by atoms with van der Waals surface area (Å²) in [6.45, 7) is 4.28. The van der Waals surface area contributed by atoms with Gasteiger partial charge >= 0.3 is 0 Å². The molecule has 1 fully saturated rings. The monoisotopic (exact) mass is 373 g/mol. The van der Waals surface area contributed by atoms with Crippen molar-refractivity contribution in [2.24, 2.45) is 0 Å². The first kappa shape index (κ1) is 16.9. The van der Waals surface area contributed by atoms with Gasteiger partial charge in [-0.05, 0) is 37.4 Å². The zero-order valence-corrected chi connectivity index (χ0v) is 15.7. The van der Waals surface area contributed by atoms with E-state index in [0.29, 0.717) is 11.6 Å². The highest BCUT2D eigenvalue weighted by atomic mass is 35.5. The lowest BCUT2D eigenvalue weighted by Gasteiger charge is -2.35. The van der Waals surface area contributed by atoms with Gasteiger partial charge in [0.05, 0.1) is 17.9 Å². The number of hydrogen-bond acceptors (Lipinski definition) is 4. The molecule has 25 heavy (non-hydrogen) atoms.